The summed E-state index contributed by atoms with van der Waals surface area (Å²) < 4.78 is 6.42. The molecule has 0 spiro atoms. The number of halogens is 1. The number of thioether (sulfide) groups is 1. The van der Waals surface area contributed by atoms with E-state index in [0.29, 0.717) is 12.3 Å². The van der Waals surface area contributed by atoms with Crippen molar-refractivity contribution in [3.63, 3.8) is 0 Å². The summed E-state index contributed by atoms with van der Waals surface area (Å²) in [6.45, 7) is 2.07. The van der Waals surface area contributed by atoms with E-state index in [2.05, 4.69) is 62.6 Å². The molecular weight excluding hydrogens is 414 g/mol. The molecule has 134 valence electrons. The zero-order chi connectivity index (χ0) is 18.4. The van der Waals surface area contributed by atoms with Gasteiger partial charge in [-0.3, -0.25) is 10.1 Å². The fourth-order valence-corrected chi connectivity index (χ4v) is 3.50. The van der Waals surface area contributed by atoms with Crippen molar-refractivity contribution >= 4 is 39.6 Å². The Morgan fingerprint density at radius 2 is 2.00 bits per heavy atom. The summed E-state index contributed by atoms with van der Waals surface area (Å²) >= 11 is 5.14. The molecule has 0 saturated heterocycles. The Morgan fingerprint density at radius 3 is 2.77 bits per heavy atom. The average Bonchev–Trinajstić information content (AvgIpc) is 3.09. The van der Waals surface area contributed by atoms with Crippen LogP contribution < -0.4 is 5.32 Å². The standard InChI is InChI=1S/C19H18BrN3O2S/c1-13-7-9-16(10-8-13)26-11-3-6-17(24)21-19-23-22-18(25-19)14-4-2-5-15(20)12-14/h2,4-5,7-10,12H,3,6,11H2,1H3,(H,21,23,24). The molecule has 3 aromatic rings. The lowest BCUT2D eigenvalue weighted by Gasteiger charge is -2.02. The van der Waals surface area contributed by atoms with Gasteiger partial charge in [0.25, 0.3) is 0 Å². The quantitative estimate of drug-likeness (QED) is 0.404. The topological polar surface area (TPSA) is 68.0 Å². The largest absolute Gasteiger partial charge is 0.403 e. The first-order valence-electron chi connectivity index (χ1n) is 8.19. The van der Waals surface area contributed by atoms with Crippen LogP contribution >= 0.6 is 27.7 Å². The highest BCUT2D eigenvalue weighted by Crippen LogP contribution is 2.23. The molecule has 0 aliphatic heterocycles. The molecule has 0 unspecified atom stereocenters. The number of hydrogen-bond donors (Lipinski definition) is 1. The highest BCUT2D eigenvalue weighted by molar-refractivity contribution is 9.10. The number of nitrogens with one attached hydrogen (secondary N) is 1. The zero-order valence-electron chi connectivity index (χ0n) is 14.2. The molecule has 0 atom stereocenters. The lowest BCUT2D eigenvalue weighted by Crippen LogP contribution is -2.11. The fourth-order valence-electron chi connectivity index (χ4n) is 2.25. The molecule has 0 radical (unpaired) electrons. The van der Waals surface area contributed by atoms with Gasteiger partial charge in [0.15, 0.2) is 0 Å². The summed E-state index contributed by atoms with van der Waals surface area (Å²) in [4.78, 5) is 13.2. The molecule has 1 heterocycles. The molecule has 0 fully saturated rings. The molecule has 7 heteroatoms. The summed E-state index contributed by atoms with van der Waals surface area (Å²) in [5.74, 6) is 1.12. The average molecular weight is 432 g/mol. The Balaban J connectivity index is 1.44. The molecule has 0 aliphatic carbocycles. The number of hydrogen-bond acceptors (Lipinski definition) is 5. The summed E-state index contributed by atoms with van der Waals surface area (Å²) in [6, 6.07) is 16.0. The number of amides is 1. The summed E-state index contributed by atoms with van der Waals surface area (Å²) in [5.41, 5.74) is 2.04. The minimum absolute atomic E-state index is 0.121. The van der Waals surface area contributed by atoms with E-state index in [9.17, 15) is 4.79 Å². The first kappa shape index (κ1) is 18.7. The fraction of sp³-hybridized carbons (Fsp3) is 0.211. The Morgan fingerprint density at radius 1 is 1.19 bits per heavy atom. The van der Waals surface area contributed by atoms with E-state index < -0.39 is 0 Å². The predicted octanol–water partition coefficient (Wildman–Crippen LogP) is 5.32. The van der Waals surface area contributed by atoms with Gasteiger partial charge in [-0.05, 0) is 49.4 Å². The van der Waals surface area contributed by atoms with Gasteiger partial charge in [0, 0.05) is 21.4 Å². The van der Waals surface area contributed by atoms with Gasteiger partial charge in [0.2, 0.25) is 11.8 Å². The maximum Gasteiger partial charge on any atom is 0.322 e. The molecule has 3 rings (SSSR count). The molecule has 5 nitrogen and oxygen atoms in total. The number of carbonyl (C=O) groups is 1. The van der Waals surface area contributed by atoms with Crippen molar-refractivity contribution in [2.45, 2.75) is 24.7 Å². The first-order valence-corrected chi connectivity index (χ1v) is 9.97. The van der Waals surface area contributed by atoms with E-state index in [1.807, 2.05) is 24.3 Å². The third-order valence-corrected chi connectivity index (χ3v) is 5.17. The third kappa shape index (κ3) is 5.44. The minimum Gasteiger partial charge on any atom is -0.403 e. The van der Waals surface area contributed by atoms with E-state index in [0.717, 1.165) is 22.2 Å². The van der Waals surface area contributed by atoms with Crippen LogP contribution in [0, 0.1) is 6.92 Å². The Kier molecular flexibility index (Phi) is 6.46. The maximum atomic E-state index is 12.0. The van der Waals surface area contributed by atoms with Gasteiger partial charge in [-0.2, -0.15) is 0 Å². The van der Waals surface area contributed by atoms with Crippen LogP contribution in [0.1, 0.15) is 18.4 Å². The van der Waals surface area contributed by atoms with Crippen LogP contribution in [-0.4, -0.2) is 21.9 Å². The van der Waals surface area contributed by atoms with E-state index in [4.69, 9.17) is 4.42 Å². The number of carbonyl (C=O) groups excluding carboxylic acids is 1. The Hall–Kier alpha value is -2.12. The van der Waals surface area contributed by atoms with Gasteiger partial charge in [0.1, 0.15) is 0 Å². The number of nitrogens with zero attached hydrogens (tertiary/aromatic N) is 2. The van der Waals surface area contributed by atoms with Crippen LogP contribution in [0.2, 0.25) is 0 Å². The van der Waals surface area contributed by atoms with Gasteiger partial charge in [-0.1, -0.05) is 44.8 Å². The van der Waals surface area contributed by atoms with Crippen LogP contribution in [0.5, 0.6) is 0 Å². The molecule has 1 N–H and O–H groups in total. The molecule has 1 amide bonds. The number of anilines is 1. The second kappa shape index (κ2) is 9.00. The van der Waals surface area contributed by atoms with Crippen LogP contribution in [0.15, 0.2) is 62.3 Å². The van der Waals surface area contributed by atoms with Gasteiger partial charge in [0.05, 0.1) is 0 Å². The molecule has 1 aromatic heterocycles. The number of aromatic nitrogens is 2. The van der Waals surface area contributed by atoms with E-state index in [-0.39, 0.29) is 11.9 Å². The number of aryl methyl sites for hydroxylation is 1. The second-order valence-electron chi connectivity index (χ2n) is 5.74. The van der Waals surface area contributed by atoms with Crippen LogP contribution in [0.3, 0.4) is 0 Å². The monoisotopic (exact) mass is 431 g/mol. The van der Waals surface area contributed by atoms with E-state index in [1.165, 1.54) is 10.5 Å². The van der Waals surface area contributed by atoms with Crippen molar-refractivity contribution in [1.29, 1.82) is 0 Å². The second-order valence-corrected chi connectivity index (χ2v) is 7.82. The molecular formula is C19H18BrN3O2S. The molecule has 0 aliphatic rings. The van der Waals surface area contributed by atoms with Crippen molar-refractivity contribution in [3.05, 3.63) is 58.6 Å². The summed E-state index contributed by atoms with van der Waals surface area (Å²) in [5, 5.41) is 10.5. The smallest absolute Gasteiger partial charge is 0.322 e. The van der Waals surface area contributed by atoms with Crippen molar-refractivity contribution in [3.8, 4) is 11.5 Å². The maximum absolute atomic E-state index is 12.0. The Labute approximate surface area is 164 Å². The van der Waals surface area contributed by atoms with Crippen LogP contribution in [0.4, 0.5) is 6.01 Å². The van der Waals surface area contributed by atoms with Crippen molar-refractivity contribution < 1.29 is 9.21 Å². The molecule has 0 bridgehead atoms. The van der Waals surface area contributed by atoms with Crippen molar-refractivity contribution in [2.24, 2.45) is 0 Å². The van der Waals surface area contributed by atoms with Crippen molar-refractivity contribution in [1.82, 2.24) is 10.2 Å². The van der Waals surface area contributed by atoms with Gasteiger partial charge < -0.3 is 4.42 Å². The summed E-state index contributed by atoms with van der Waals surface area (Å²) in [7, 11) is 0. The van der Waals surface area contributed by atoms with Gasteiger partial charge in [-0.25, -0.2) is 0 Å². The minimum atomic E-state index is -0.126. The molecule has 0 saturated carbocycles. The Bertz CT molecular complexity index is 881. The highest BCUT2D eigenvalue weighted by atomic mass is 79.9. The third-order valence-electron chi connectivity index (χ3n) is 3.58. The predicted molar refractivity (Wildman–Crippen MR) is 107 cm³/mol. The SMILES string of the molecule is Cc1ccc(SCCCC(=O)Nc2nnc(-c3cccc(Br)c3)o2)cc1. The zero-order valence-corrected chi connectivity index (χ0v) is 16.6. The molecule has 2 aromatic carbocycles. The lowest BCUT2D eigenvalue weighted by molar-refractivity contribution is -0.116. The number of benzene rings is 2. The highest BCUT2D eigenvalue weighted by Gasteiger charge is 2.11. The van der Waals surface area contributed by atoms with Gasteiger partial charge >= 0.3 is 6.01 Å². The van der Waals surface area contributed by atoms with E-state index in [1.54, 1.807) is 11.8 Å². The normalized spacial score (nSPS) is 10.7. The first-order chi connectivity index (χ1) is 12.6. The van der Waals surface area contributed by atoms with Crippen LogP contribution in [-0.2, 0) is 4.79 Å². The summed E-state index contributed by atoms with van der Waals surface area (Å²) in [6.07, 6.45) is 1.18. The van der Waals surface area contributed by atoms with Crippen molar-refractivity contribution in [2.75, 3.05) is 11.1 Å². The molecule has 26 heavy (non-hydrogen) atoms. The van der Waals surface area contributed by atoms with E-state index >= 15 is 0 Å². The van der Waals surface area contributed by atoms with Crippen LogP contribution in [0.25, 0.3) is 11.5 Å². The van der Waals surface area contributed by atoms with Gasteiger partial charge in [-0.15, -0.1) is 16.9 Å². The number of rotatable bonds is 7. The lowest BCUT2D eigenvalue weighted by atomic mass is 10.2.